The topological polar surface area (TPSA) is 116 Å². The molecule has 0 aliphatic carbocycles. The first kappa shape index (κ1) is 14.1. The van der Waals surface area contributed by atoms with Gasteiger partial charge >= 0.3 is 7.82 Å². The molecule has 86 valence electrons. The SMILES string of the molecule is CCc1ccc(NN)cc1.O=P(O)(O)O. The van der Waals surface area contributed by atoms with Gasteiger partial charge in [-0.05, 0) is 24.1 Å². The number of aryl methyl sites for hydroxylation is 1. The van der Waals surface area contributed by atoms with Gasteiger partial charge in [0.2, 0.25) is 0 Å². The average Bonchev–Trinajstić information content (AvgIpc) is 2.15. The third kappa shape index (κ3) is 9.40. The van der Waals surface area contributed by atoms with Crippen LogP contribution in [-0.2, 0) is 11.0 Å². The van der Waals surface area contributed by atoms with Crippen molar-refractivity contribution in [3.63, 3.8) is 0 Å². The summed E-state index contributed by atoms with van der Waals surface area (Å²) >= 11 is 0. The Kier molecular flexibility index (Phi) is 6.15. The third-order valence-electron chi connectivity index (χ3n) is 1.53. The minimum absolute atomic E-state index is 0.956. The van der Waals surface area contributed by atoms with Gasteiger partial charge < -0.3 is 20.1 Å². The van der Waals surface area contributed by atoms with E-state index in [0.717, 1.165) is 12.1 Å². The van der Waals surface area contributed by atoms with E-state index >= 15 is 0 Å². The molecule has 0 heterocycles. The minimum atomic E-state index is -4.64. The zero-order valence-electron chi connectivity index (χ0n) is 8.29. The van der Waals surface area contributed by atoms with Crippen LogP contribution in [0.15, 0.2) is 24.3 Å². The number of phosphoric acid groups is 1. The second kappa shape index (κ2) is 6.55. The van der Waals surface area contributed by atoms with Crippen LogP contribution in [0.5, 0.6) is 0 Å². The summed E-state index contributed by atoms with van der Waals surface area (Å²) in [6.07, 6.45) is 1.07. The van der Waals surface area contributed by atoms with Gasteiger partial charge in [-0.25, -0.2) is 4.57 Å². The molecule has 0 radical (unpaired) electrons. The maximum Gasteiger partial charge on any atom is 0.466 e. The lowest BCUT2D eigenvalue weighted by Gasteiger charge is -1.99. The molecule has 0 aliphatic rings. The normalized spacial score (nSPS) is 10.2. The molecule has 15 heavy (non-hydrogen) atoms. The van der Waals surface area contributed by atoms with Crippen LogP contribution in [0.25, 0.3) is 0 Å². The highest BCUT2D eigenvalue weighted by molar-refractivity contribution is 7.45. The summed E-state index contributed by atoms with van der Waals surface area (Å²) < 4.78 is 8.88. The molecule has 6 nitrogen and oxygen atoms in total. The van der Waals surface area contributed by atoms with Crippen LogP contribution in [0.3, 0.4) is 0 Å². The highest BCUT2D eigenvalue weighted by atomic mass is 31.2. The van der Waals surface area contributed by atoms with Gasteiger partial charge in [0.15, 0.2) is 0 Å². The van der Waals surface area contributed by atoms with E-state index in [-0.39, 0.29) is 0 Å². The third-order valence-corrected chi connectivity index (χ3v) is 1.53. The predicted octanol–water partition coefficient (Wildman–Crippen LogP) is 0.606. The fourth-order valence-corrected chi connectivity index (χ4v) is 0.837. The molecule has 0 spiro atoms. The Morgan fingerprint density at radius 3 is 1.93 bits per heavy atom. The molecule has 1 rings (SSSR count). The number of nitrogen functional groups attached to an aromatic ring is 1. The molecular formula is C8H15N2O4P. The fraction of sp³-hybridized carbons (Fsp3) is 0.250. The molecular weight excluding hydrogens is 219 g/mol. The Balaban J connectivity index is 0.000000336. The summed E-state index contributed by atoms with van der Waals surface area (Å²) in [5.74, 6) is 5.19. The number of hydrogen-bond donors (Lipinski definition) is 5. The van der Waals surface area contributed by atoms with E-state index in [0.29, 0.717) is 0 Å². The summed E-state index contributed by atoms with van der Waals surface area (Å²) in [6, 6.07) is 8.07. The molecule has 0 unspecified atom stereocenters. The van der Waals surface area contributed by atoms with E-state index in [2.05, 4.69) is 24.5 Å². The minimum Gasteiger partial charge on any atom is -0.324 e. The summed E-state index contributed by atoms with van der Waals surface area (Å²) in [5.41, 5.74) is 4.87. The van der Waals surface area contributed by atoms with Gasteiger partial charge in [0.05, 0.1) is 0 Å². The van der Waals surface area contributed by atoms with Crippen LogP contribution in [0.2, 0.25) is 0 Å². The van der Waals surface area contributed by atoms with Gasteiger partial charge in [-0.15, -0.1) is 0 Å². The van der Waals surface area contributed by atoms with Crippen molar-refractivity contribution in [3.8, 4) is 0 Å². The van der Waals surface area contributed by atoms with Crippen LogP contribution in [0.1, 0.15) is 12.5 Å². The number of hydrogen-bond acceptors (Lipinski definition) is 3. The van der Waals surface area contributed by atoms with Gasteiger partial charge in [-0.3, -0.25) is 5.84 Å². The quantitative estimate of drug-likeness (QED) is 0.291. The van der Waals surface area contributed by atoms with Crippen molar-refractivity contribution in [2.24, 2.45) is 5.84 Å². The van der Waals surface area contributed by atoms with Gasteiger partial charge in [0, 0.05) is 5.69 Å². The highest BCUT2D eigenvalue weighted by Crippen LogP contribution is 2.25. The van der Waals surface area contributed by atoms with E-state index in [1.165, 1.54) is 5.56 Å². The molecule has 6 N–H and O–H groups in total. The Morgan fingerprint density at radius 2 is 1.67 bits per heavy atom. The predicted molar refractivity (Wildman–Crippen MR) is 57.9 cm³/mol. The number of benzene rings is 1. The molecule has 1 aromatic rings. The Labute approximate surface area is 88.0 Å². The van der Waals surface area contributed by atoms with Crippen molar-refractivity contribution in [2.45, 2.75) is 13.3 Å². The molecule has 0 aromatic heterocycles. The second-order valence-corrected chi connectivity index (χ2v) is 3.73. The molecule has 0 fully saturated rings. The van der Waals surface area contributed by atoms with Crippen molar-refractivity contribution < 1.29 is 19.2 Å². The van der Waals surface area contributed by atoms with Crippen molar-refractivity contribution in [1.29, 1.82) is 0 Å². The van der Waals surface area contributed by atoms with Crippen molar-refractivity contribution in [3.05, 3.63) is 29.8 Å². The Morgan fingerprint density at radius 1 is 1.27 bits per heavy atom. The standard InChI is InChI=1S/C8H12N2.H3O4P/c1-2-7-3-5-8(10-9)6-4-7;1-5(2,3)4/h3-6,10H,2,9H2,1H3;(H3,1,2,3,4). The average molecular weight is 234 g/mol. The smallest absolute Gasteiger partial charge is 0.324 e. The van der Waals surface area contributed by atoms with E-state index in [1.807, 2.05) is 12.1 Å². The molecule has 0 atom stereocenters. The van der Waals surface area contributed by atoms with E-state index in [1.54, 1.807) is 0 Å². The zero-order chi connectivity index (χ0) is 11.9. The number of hydrazine groups is 1. The number of nitrogens with two attached hydrogens (primary N) is 1. The molecule has 1 aromatic carbocycles. The lowest BCUT2D eigenvalue weighted by molar-refractivity contribution is 0.275. The van der Waals surface area contributed by atoms with Gasteiger partial charge in [0.25, 0.3) is 0 Å². The molecule has 0 amide bonds. The van der Waals surface area contributed by atoms with Crippen LogP contribution in [0.4, 0.5) is 5.69 Å². The van der Waals surface area contributed by atoms with E-state index < -0.39 is 7.82 Å². The fourth-order valence-electron chi connectivity index (χ4n) is 0.837. The zero-order valence-corrected chi connectivity index (χ0v) is 9.19. The first-order valence-electron chi connectivity index (χ1n) is 4.20. The summed E-state index contributed by atoms with van der Waals surface area (Å²) in [7, 11) is -4.64. The van der Waals surface area contributed by atoms with Gasteiger partial charge in [-0.1, -0.05) is 19.1 Å². The summed E-state index contributed by atoms with van der Waals surface area (Å²) in [4.78, 5) is 21.6. The van der Waals surface area contributed by atoms with Gasteiger partial charge in [-0.2, -0.15) is 0 Å². The maximum atomic E-state index is 8.88. The largest absolute Gasteiger partial charge is 0.466 e. The monoisotopic (exact) mass is 234 g/mol. The van der Waals surface area contributed by atoms with Crippen molar-refractivity contribution in [1.82, 2.24) is 0 Å². The van der Waals surface area contributed by atoms with Crippen LogP contribution < -0.4 is 11.3 Å². The second-order valence-electron chi connectivity index (χ2n) is 2.71. The summed E-state index contributed by atoms with van der Waals surface area (Å²) in [5, 5.41) is 0. The molecule has 0 saturated heterocycles. The Bertz CT molecular complexity index is 291. The number of nitrogens with one attached hydrogen (secondary N) is 1. The molecule has 0 saturated carbocycles. The number of anilines is 1. The van der Waals surface area contributed by atoms with Gasteiger partial charge in [0.1, 0.15) is 0 Å². The van der Waals surface area contributed by atoms with Crippen LogP contribution in [0, 0.1) is 0 Å². The molecule has 0 aliphatic heterocycles. The first-order chi connectivity index (χ1) is 6.86. The lowest BCUT2D eigenvalue weighted by atomic mass is 10.2. The van der Waals surface area contributed by atoms with Crippen LogP contribution >= 0.6 is 7.82 Å². The highest BCUT2D eigenvalue weighted by Gasteiger charge is 2.00. The number of rotatable bonds is 2. The first-order valence-corrected chi connectivity index (χ1v) is 5.77. The maximum absolute atomic E-state index is 8.88. The molecule has 7 heteroatoms. The van der Waals surface area contributed by atoms with E-state index in [4.69, 9.17) is 25.1 Å². The van der Waals surface area contributed by atoms with Crippen molar-refractivity contribution in [2.75, 3.05) is 5.43 Å². The summed E-state index contributed by atoms with van der Waals surface area (Å²) in [6.45, 7) is 2.13. The van der Waals surface area contributed by atoms with E-state index in [9.17, 15) is 0 Å². The Hall–Kier alpha value is -0.910. The van der Waals surface area contributed by atoms with Crippen LogP contribution in [-0.4, -0.2) is 14.7 Å². The van der Waals surface area contributed by atoms with Crippen molar-refractivity contribution >= 4 is 13.5 Å². The molecule has 0 bridgehead atoms. The lowest BCUT2D eigenvalue weighted by Crippen LogP contribution is -2.06.